The number of hydrogen-bond donors (Lipinski definition) is 2. The monoisotopic (exact) mass is 403 g/mol. The summed E-state index contributed by atoms with van der Waals surface area (Å²) in [7, 11) is -2.35. The van der Waals surface area contributed by atoms with Gasteiger partial charge in [0.05, 0.1) is 17.7 Å². The number of hydrogen-bond acceptors (Lipinski definition) is 5. The van der Waals surface area contributed by atoms with Gasteiger partial charge in [-0.05, 0) is 61.7 Å². The van der Waals surface area contributed by atoms with E-state index in [1.807, 2.05) is 12.1 Å². The van der Waals surface area contributed by atoms with Crippen LogP contribution in [0.3, 0.4) is 0 Å². The molecule has 1 aliphatic rings. The van der Waals surface area contributed by atoms with E-state index in [4.69, 9.17) is 4.74 Å². The van der Waals surface area contributed by atoms with E-state index in [1.54, 1.807) is 12.1 Å². The van der Waals surface area contributed by atoms with Gasteiger partial charge in [-0.1, -0.05) is 0 Å². The number of sulfonamides is 1. The quantitative estimate of drug-likeness (QED) is 0.771. The number of methoxy groups -OCH3 is 1. The zero-order chi connectivity index (χ0) is 20.1. The average Bonchev–Trinajstić information content (AvgIpc) is 2.68. The Hall–Kier alpha value is -2.74. The molecule has 0 unspecified atom stereocenters. The van der Waals surface area contributed by atoms with Gasteiger partial charge in [0.15, 0.2) is 0 Å². The molecule has 1 saturated heterocycles. The molecule has 1 fully saturated rings. The van der Waals surface area contributed by atoms with Crippen molar-refractivity contribution in [3.63, 3.8) is 0 Å². The topological polar surface area (TPSA) is 87.7 Å². The summed E-state index contributed by atoms with van der Waals surface area (Å²) < 4.78 is 33.3. The Balaban J connectivity index is 1.78. The molecule has 0 saturated carbocycles. The van der Waals surface area contributed by atoms with Gasteiger partial charge in [-0.3, -0.25) is 9.52 Å². The highest BCUT2D eigenvalue weighted by Crippen LogP contribution is 2.29. The summed E-state index contributed by atoms with van der Waals surface area (Å²) in [5, 5.41) is 2.58. The van der Waals surface area contributed by atoms with Crippen molar-refractivity contribution in [3.05, 3.63) is 42.5 Å². The molecule has 28 heavy (non-hydrogen) atoms. The number of benzene rings is 2. The van der Waals surface area contributed by atoms with E-state index < -0.39 is 10.0 Å². The lowest BCUT2D eigenvalue weighted by molar-refractivity contribution is -0.114. The fourth-order valence-corrected chi connectivity index (χ4v) is 4.33. The molecule has 150 valence electrons. The van der Waals surface area contributed by atoms with Crippen molar-refractivity contribution in [2.75, 3.05) is 35.1 Å². The second kappa shape index (κ2) is 8.52. The Morgan fingerprint density at radius 2 is 1.71 bits per heavy atom. The smallest absolute Gasteiger partial charge is 0.261 e. The number of piperidine rings is 1. The number of ether oxygens (including phenoxy) is 1. The molecule has 1 amide bonds. The molecule has 8 heteroatoms. The highest BCUT2D eigenvalue weighted by molar-refractivity contribution is 7.92. The van der Waals surface area contributed by atoms with E-state index in [9.17, 15) is 13.2 Å². The Labute approximate surface area is 165 Å². The number of nitrogens with one attached hydrogen (secondary N) is 2. The maximum Gasteiger partial charge on any atom is 0.261 e. The Morgan fingerprint density at radius 1 is 1.04 bits per heavy atom. The highest BCUT2D eigenvalue weighted by Gasteiger charge is 2.18. The van der Waals surface area contributed by atoms with Crippen LogP contribution in [0, 0.1) is 0 Å². The molecule has 0 bridgehead atoms. The van der Waals surface area contributed by atoms with E-state index in [0.29, 0.717) is 17.1 Å². The molecular weight excluding hydrogens is 378 g/mol. The average molecular weight is 404 g/mol. The molecule has 0 atom stereocenters. The summed E-state index contributed by atoms with van der Waals surface area (Å²) in [6.45, 7) is 3.41. The van der Waals surface area contributed by atoms with Gasteiger partial charge in [-0.15, -0.1) is 0 Å². The van der Waals surface area contributed by atoms with Gasteiger partial charge >= 0.3 is 0 Å². The van der Waals surface area contributed by atoms with Crippen molar-refractivity contribution in [2.45, 2.75) is 31.1 Å². The van der Waals surface area contributed by atoms with Crippen LogP contribution in [0.15, 0.2) is 47.4 Å². The van der Waals surface area contributed by atoms with E-state index in [1.165, 1.54) is 51.5 Å². The van der Waals surface area contributed by atoms with Crippen molar-refractivity contribution in [1.29, 1.82) is 0 Å². The molecule has 7 nitrogen and oxygen atoms in total. The molecular formula is C20H25N3O4S. The fourth-order valence-electron chi connectivity index (χ4n) is 3.25. The number of rotatable bonds is 6. The first-order valence-electron chi connectivity index (χ1n) is 9.22. The molecule has 1 heterocycles. The Bertz CT molecular complexity index is 936. The first-order valence-corrected chi connectivity index (χ1v) is 10.7. The van der Waals surface area contributed by atoms with Crippen LogP contribution >= 0.6 is 0 Å². The van der Waals surface area contributed by atoms with Gasteiger partial charge in [-0.2, -0.15) is 0 Å². The van der Waals surface area contributed by atoms with Crippen molar-refractivity contribution < 1.29 is 17.9 Å². The molecule has 2 aromatic carbocycles. The maximum atomic E-state index is 12.8. The van der Waals surface area contributed by atoms with E-state index in [0.717, 1.165) is 18.8 Å². The second-order valence-electron chi connectivity index (χ2n) is 6.74. The highest BCUT2D eigenvalue weighted by atomic mass is 32.2. The lowest BCUT2D eigenvalue weighted by Crippen LogP contribution is -2.29. The molecule has 0 aromatic heterocycles. The molecule has 0 spiro atoms. The van der Waals surface area contributed by atoms with Crippen LogP contribution in [0.1, 0.15) is 26.2 Å². The number of nitrogens with zero attached hydrogens (tertiary/aromatic N) is 1. The summed E-state index contributed by atoms with van der Waals surface area (Å²) in [5.41, 5.74) is 1.89. The molecule has 2 aromatic rings. The predicted octanol–water partition coefficient (Wildman–Crippen LogP) is 3.44. The van der Waals surface area contributed by atoms with Crippen molar-refractivity contribution in [3.8, 4) is 5.75 Å². The summed E-state index contributed by atoms with van der Waals surface area (Å²) in [6.07, 6.45) is 3.63. The Kier molecular flexibility index (Phi) is 6.08. The maximum absolute atomic E-state index is 12.8. The van der Waals surface area contributed by atoms with Crippen LogP contribution in [-0.4, -0.2) is 34.5 Å². The number of carbonyl (C=O) groups excluding carboxylic acids is 1. The minimum Gasteiger partial charge on any atom is -0.495 e. The fraction of sp³-hybridized carbons (Fsp3) is 0.350. The van der Waals surface area contributed by atoms with Crippen molar-refractivity contribution in [2.24, 2.45) is 0 Å². The molecule has 0 radical (unpaired) electrons. The minimum absolute atomic E-state index is 0.0390. The summed E-state index contributed by atoms with van der Waals surface area (Å²) in [6, 6.07) is 11.7. The Morgan fingerprint density at radius 3 is 2.32 bits per heavy atom. The normalized spacial score (nSPS) is 14.4. The standard InChI is InChI=1S/C20H25N3O4S/c1-15(24)21-19-14-18(10-11-20(19)27-2)28(25,26)22-16-6-8-17(9-7-16)23-12-4-3-5-13-23/h6-11,14,22H,3-5,12-13H2,1-2H3,(H,21,24). The number of amides is 1. The van der Waals surface area contributed by atoms with Crippen LogP contribution in [0.2, 0.25) is 0 Å². The molecule has 1 aliphatic heterocycles. The SMILES string of the molecule is COc1ccc(S(=O)(=O)Nc2ccc(N3CCCCC3)cc2)cc1NC(C)=O. The van der Waals surface area contributed by atoms with Crippen LogP contribution in [0.25, 0.3) is 0 Å². The summed E-state index contributed by atoms with van der Waals surface area (Å²) in [4.78, 5) is 13.7. The molecule has 2 N–H and O–H groups in total. The van der Waals surface area contributed by atoms with Gasteiger partial charge in [0, 0.05) is 31.4 Å². The van der Waals surface area contributed by atoms with Crippen molar-refractivity contribution in [1.82, 2.24) is 0 Å². The zero-order valence-corrected chi connectivity index (χ0v) is 16.9. The third-order valence-electron chi connectivity index (χ3n) is 4.63. The first kappa shape index (κ1) is 20.0. The van der Waals surface area contributed by atoms with Gasteiger partial charge in [-0.25, -0.2) is 8.42 Å². The van der Waals surface area contributed by atoms with Crippen LogP contribution in [-0.2, 0) is 14.8 Å². The van der Waals surface area contributed by atoms with E-state index in [-0.39, 0.29) is 10.8 Å². The van der Waals surface area contributed by atoms with Crippen molar-refractivity contribution >= 4 is 33.0 Å². The third-order valence-corrected chi connectivity index (χ3v) is 6.01. The van der Waals surface area contributed by atoms with Gasteiger partial charge < -0.3 is 15.0 Å². The number of anilines is 3. The summed E-state index contributed by atoms with van der Waals surface area (Å²) in [5.74, 6) is 0.0779. The molecule has 3 rings (SSSR count). The first-order chi connectivity index (χ1) is 13.4. The van der Waals surface area contributed by atoms with E-state index >= 15 is 0 Å². The molecule has 0 aliphatic carbocycles. The lowest BCUT2D eigenvalue weighted by Gasteiger charge is -2.28. The predicted molar refractivity (Wildman–Crippen MR) is 111 cm³/mol. The van der Waals surface area contributed by atoms with Gasteiger partial charge in [0.25, 0.3) is 10.0 Å². The van der Waals surface area contributed by atoms with Crippen LogP contribution in [0.5, 0.6) is 5.75 Å². The largest absolute Gasteiger partial charge is 0.495 e. The third kappa shape index (κ3) is 4.75. The van der Waals surface area contributed by atoms with Gasteiger partial charge in [0.1, 0.15) is 5.75 Å². The second-order valence-corrected chi connectivity index (χ2v) is 8.43. The van der Waals surface area contributed by atoms with Crippen LogP contribution < -0.4 is 19.7 Å². The number of carbonyl (C=O) groups is 1. The van der Waals surface area contributed by atoms with E-state index in [2.05, 4.69) is 14.9 Å². The summed E-state index contributed by atoms with van der Waals surface area (Å²) >= 11 is 0. The van der Waals surface area contributed by atoms with Gasteiger partial charge in [0.2, 0.25) is 5.91 Å². The zero-order valence-electron chi connectivity index (χ0n) is 16.1. The lowest BCUT2D eigenvalue weighted by atomic mass is 10.1. The minimum atomic E-state index is -3.80. The van der Waals surface area contributed by atoms with Crippen LogP contribution in [0.4, 0.5) is 17.1 Å².